The van der Waals surface area contributed by atoms with Crippen LogP contribution < -0.4 is 20.5 Å². The van der Waals surface area contributed by atoms with Gasteiger partial charge >= 0.3 is 6.09 Å². The molecule has 3 saturated carbocycles. The summed E-state index contributed by atoms with van der Waals surface area (Å²) in [5, 5.41) is 2.55. The normalized spacial score (nSPS) is 20.4. The van der Waals surface area contributed by atoms with Crippen LogP contribution in [0.1, 0.15) is 63.0 Å². The highest BCUT2D eigenvalue weighted by Crippen LogP contribution is 2.43. The number of primary amides is 1. The van der Waals surface area contributed by atoms with Crippen LogP contribution in [0.2, 0.25) is 0 Å². The Morgan fingerprint density at radius 1 is 1.19 bits per heavy atom. The average Bonchev–Trinajstić information content (AvgIpc) is 3.48. The van der Waals surface area contributed by atoms with Crippen molar-refractivity contribution in [1.29, 1.82) is 0 Å². The molecule has 3 fully saturated rings. The largest absolute Gasteiger partial charge is 0.476 e. The summed E-state index contributed by atoms with van der Waals surface area (Å²) in [7, 11) is 0. The maximum Gasteiger partial charge on any atom is 0.414 e. The Balaban J connectivity index is 1.37. The zero-order valence-electron chi connectivity index (χ0n) is 15.4. The minimum absolute atomic E-state index is 0.0644. The van der Waals surface area contributed by atoms with Gasteiger partial charge in [-0.15, -0.1) is 0 Å². The van der Waals surface area contributed by atoms with Gasteiger partial charge in [-0.2, -0.15) is 4.98 Å². The van der Waals surface area contributed by atoms with Gasteiger partial charge in [0.1, 0.15) is 11.7 Å². The molecule has 1 aromatic heterocycles. The van der Waals surface area contributed by atoms with Crippen molar-refractivity contribution in [1.82, 2.24) is 15.3 Å². The zero-order valence-corrected chi connectivity index (χ0v) is 15.4. The van der Waals surface area contributed by atoms with Crippen molar-refractivity contribution >= 4 is 12.0 Å². The molecule has 8 nitrogen and oxygen atoms in total. The Bertz CT molecular complexity index is 714. The van der Waals surface area contributed by atoms with E-state index in [1.165, 1.54) is 19.0 Å². The van der Waals surface area contributed by atoms with Crippen LogP contribution in [0.25, 0.3) is 0 Å². The van der Waals surface area contributed by atoms with E-state index < -0.39 is 18.0 Å². The van der Waals surface area contributed by atoms with Crippen LogP contribution in [-0.2, 0) is 4.79 Å². The molecule has 146 valence electrons. The summed E-state index contributed by atoms with van der Waals surface area (Å²) in [6.07, 6.45) is 9.04. The first kappa shape index (κ1) is 18.0. The van der Waals surface area contributed by atoms with Crippen LogP contribution in [0.4, 0.5) is 4.79 Å². The van der Waals surface area contributed by atoms with Gasteiger partial charge in [0.15, 0.2) is 0 Å². The monoisotopic (exact) mass is 374 g/mol. The topological polar surface area (TPSA) is 116 Å². The highest BCUT2D eigenvalue weighted by Gasteiger charge is 2.31. The minimum Gasteiger partial charge on any atom is -0.476 e. The van der Waals surface area contributed by atoms with Crippen LogP contribution in [-0.4, -0.2) is 34.6 Å². The molecule has 1 aromatic rings. The predicted molar refractivity (Wildman–Crippen MR) is 96.3 cm³/mol. The number of carbonyl (C=O) groups excluding carboxylic acids is 2. The maximum atomic E-state index is 12.2. The predicted octanol–water partition coefficient (Wildman–Crippen LogP) is 2.28. The van der Waals surface area contributed by atoms with E-state index in [-0.39, 0.29) is 5.88 Å². The number of nitrogens with two attached hydrogens (primary N) is 1. The lowest BCUT2D eigenvalue weighted by molar-refractivity contribution is -0.120. The Morgan fingerprint density at radius 3 is 2.56 bits per heavy atom. The molecule has 0 aliphatic heterocycles. The number of rotatable bonds is 9. The SMILES string of the molecule is NC(=O)C(CC1CCC1)NC(=O)Oc1cnc(C2CC2)c(OCC2CC2)n1. The summed E-state index contributed by atoms with van der Waals surface area (Å²) in [4.78, 5) is 32.5. The quantitative estimate of drug-likeness (QED) is 0.685. The van der Waals surface area contributed by atoms with Gasteiger partial charge in [0.2, 0.25) is 17.7 Å². The van der Waals surface area contributed by atoms with Gasteiger partial charge in [0.05, 0.1) is 12.8 Å². The van der Waals surface area contributed by atoms with E-state index >= 15 is 0 Å². The fraction of sp³-hybridized carbons (Fsp3) is 0.684. The first-order chi connectivity index (χ1) is 13.1. The first-order valence-electron chi connectivity index (χ1n) is 9.86. The summed E-state index contributed by atoms with van der Waals surface area (Å²) in [5.74, 6) is 1.38. The third kappa shape index (κ3) is 4.87. The molecule has 0 saturated heterocycles. The Morgan fingerprint density at radius 2 is 1.96 bits per heavy atom. The summed E-state index contributed by atoms with van der Waals surface area (Å²) >= 11 is 0. The number of ether oxygens (including phenoxy) is 2. The fourth-order valence-corrected chi connectivity index (χ4v) is 3.21. The molecule has 0 aromatic carbocycles. The molecule has 1 heterocycles. The van der Waals surface area contributed by atoms with Crippen LogP contribution in [0.3, 0.4) is 0 Å². The lowest BCUT2D eigenvalue weighted by atomic mass is 9.81. The van der Waals surface area contributed by atoms with E-state index in [0.717, 1.165) is 37.8 Å². The lowest BCUT2D eigenvalue weighted by Gasteiger charge is -2.28. The third-order valence-corrected chi connectivity index (χ3v) is 5.49. The molecular formula is C19H26N4O4. The number of aromatic nitrogens is 2. The highest BCUT2D eigenvalue weighted by atomic mass is 16.6. The molecule has 0 spiro atoms. The number of amides is 2. The second-order valence-electron chi connectivity index (χ2n) is 7.95. The van der Waals surface area contributed by atoms with E-state index in [0.29, 0.717) is 36.7 Å². The smallest absolute Gasteiger partial charge is 0.414 e. The van der Waals surface area contributed by atoms with Crippen molar-refractivity contribution in [2.24, 2.45) is 17.6 Å². The maximum absolute atomic E-state index is 12.2. The van der Waals surface area contributed by atoms with Crippen molar-refractivity contribution < 1.29 is 19.1 Å². The van der Waals surface area contributed by atoms with Gasteiger partial charge in [0, 0.05) is 5.92 Å². The van der Waals surface area contributed by atoms with E-state index in [2.05, 4.69) is 15.3 Å². The summed E-state index contributed by atoms with van der Waals surface area (Å²) in [6, 6.07) is -0.730. The molecule has 4 rings (SSSR count). The lowest BCUT2D eigenvalue weighted by Crippen LogP contribution is -2.47. The van der Waals surface area contributed by atoms with Gasteiger partial charge in [-0.3, -0.25) is 4.79 Å². The molecule has 0 radical (unpaired) electrons. The Labute approximate surface area is 158 Å². The van der Waals surface area contributed by atoms with Crippen LogP contribution in [0, 0.1) is 11.8 Å². The van der Waals surface area contributed by atoms with Gasteiger partial charge < -0.3 is 20.5 Å². The number of hydrogen-bond donors (Lipinski definition) is 2. The molecule has 0 bridgehead atoms. The molecule has 1 unspecified atom stereocenters. The first-order valence-corrected chi connectivity index (χ1v) is 9.86. The van der Waals surface area contributed by atoms with Gasteiger partial charge in [0.25, 0.3) is 0 Å². The van der Waals surface area contributed by atoms with Gasteiger partial charge in [-0.05, 0) is 43.9 Å². The minimum atomic E-state index is -0.750. The Kier molecular flexibility index (Phi) is 5.13. The van der Waals surface area contributed by atoms with Crippen molar-refractivity contribution in [3.63, 3.8) is 0 Å². The van der Waals surface area contributed by atoms with Crippen LogP contribution in [0.5, 0.6) is 11.8 Å². The Hall–Kier alpha value is -2.38. The van der Waals surface area contributed by atoms with E-state index in [1.807, 2.05) is 0 Å². The molecule has 1 atom stereocenters. The molecule has 2 amide bonds. The average molecular weight is 374 g/mol. The highest BCUT2D eigenvalue weighted by molar-refractivity contribution is 5.84. The van der Waals surface area contributed by atoms with Crippen molar-refractivity contribution in [2.75, 3.05) is 6.61 Å². The number of nitrogens with zero attached hydrogens (tertiary/aromatic N) is 2. The zero-order chi connectivity index (χ0) is 18.8. The number of nitrogens with one attached hydrogen (secondary N) is 1. The molecule has 3 aliphatic rings. The van der Waals surface area contributed by atoms with Crippen molar-refractivity contribution in [2.45, 2.75) is 63.3 Å². The van der Waals surface area contributed by atoms with Crippen molar-refractivity contribution in [3.05, 3.63) is 11.9 Å². The van der Waals surface area contributed by atoms with Gasteiger partial charge in [-0.1, -0.05) is 19.3 Å². The van der Waals surface area contributed by atoms with E-state index in [4.69, 9.17) is 15.2 Å². The van der Waals surface area contributed by atoms with Crippen LogP contribution >= 0.6 is 0 Å². The molecule has 27 heavy (non-hydrogen) atoms. The van der Waals surface area contributed by atoms with E-state index in [1.54, 1.807) is 0 Å². The molecule has 3 N–H and O–H groups in total. The van der Waals surface area contributed by atoms with E-state index in [9.17, 15) is 9.59 Å². The molecule has 3 aliphatic carbocycles. The molecular weight excluding hydrogens is 348 g/mol. The van der Waals surface area contributed by atoms with Gasteiger partial charge in [-0.25, -0.2) is 9.78 Å². The standard InChI is InChI=1S/C19H26N4O4/c20-17(24)14(8-11-2-1-3-11)22-19(25)27-15-9-21-16(13-6-7-13)18(23-15)26-10-12-4-5-12/h9,11-14H,1-8,10H2,(H2,20,24)(H,22,25). The van der Waals surface area contributed by atoms with Crippen LogP contribution in [0.15, 0.2) is 6.20 Å². The number of hydrogen-bond acceptors (Lipinski definition) is 6. The summed E-state index contributed by atoms with van der Waals surface area (Å²) < 4.78 is 11.1. The second kappa shape index (κ2) is 7.70. The fourth-order valence-electron chi connectivity index (χ4n) is 3.21. The molecule has 8 heteroatoms. The number of carbonyl (C=O) groups is 2. The summed E-state index contributed by atoms with van der Waals surface area (Å²) in [5.41, 5.74) is 6.24. The van der Waals surface area contributed by atoms with Crippen molar-refractivity contribution in [3.8, 4) is 11.8 Å². The summed E-state index contributed by atoms with van der Waals surface area (Å²) in [6.45, 7) is 0.620. The third-order valence-electron chi connectivity index (χ3n) is 5.49. The second-order valence-corrected chi connectivity index (χ2v) is 7.95.